The van der Waals surface area contributed by atoms with Crippen LogP contribution < -0.4 is 0 Å². The maximum atomic E-state index is 5.32. The number of hydrogen-bond acceptors (Lipinski definition) is 6. The van der Waals surface area contributed by atoms with Gasteiger partial charge < -0.3 is 0 Å². The van der Waals surface area contributed by atoms with Gasteiger partial charge in [-0.3, -0.25) is 9.97 Å². The Morgan fingerprint density at radius 1 is 0.242 bits per heavy atom. The summed E-state index contributed by atoms with van der Waals surface area (Å²) in [6.07, 6.45) is 3.62. The fourth-order valence-corrected chi connectivity index (χ4v) is 8.21. The van der Waals surface area contributed by atoms with E-state index < -0.39 is 0 Å². The Morgan fingerprint density at radius 2 is 0.565 bits per heavy atom. The second-order valence-corrected chi connectivity index (χ2v) is 15.1. The van der Waals surface area contributed by atoms with E-state index in [9.17, 15) is 0 Å². The zero-order valence-electron chi connectivity index (χ0n) is 33.5. The van der Waals surface area contributed by atoms with Gasteiger partial charge in [-0.2, -0.15) is 0 Å². The molecule has 0 unspecified atom stereocenters. The van der Waals surface area contributed by atoms with Gasteiger partial charge in [0.1, 0.15) is 0 Å². The van der Waals surface area contributed by atoms with Crippen LogP contribution in [0, 0.1) is 0 Å². The number of benzene rings is 5. The molecule has 11 aromatic rings. The number of fused-ring (bicyclic) bond motifs is 2. The molecule has 0 saturated heterocycles. The first-order valence-corrected chi connectivity index (χ1v) is 20.6. The predicted molar refractivity (Wildman–Crippen MR) is 252 cm³/mol. The lowest BCUT2D eigenvalue weighted by Gasteiger charge is -2.16. The zero-order valence-corrected chi connectivity index (χ0v) is 33.5. The van der Waals surface area contributed by atoms with Crippen LogP contribution in [0.4, 0.5) is 0 Å². The van der Waals surface area contributed by atoms with Crippen LogP contribution in [0.1, 0.15) is 0 Å². The summed E-state index contributed by atoms with van der Waals surface area (Å²) in [6, 6.07) is 70.8. The lowest BCUT2D eigenvalue weighted by molar-refractivity contribution is 1.24. The number of nitrogens with zero attached hydrogens (tertiary/aromatic N) is 6. The van der Waals surface area contributed by atoms with Crippen molar-refractivity contribution in [1.29, 1.82) is 0 Å². The van der Waals surface area contributed by atoms with E-state index in [1.807, 2.05) is 97.3 Å². The summed E-state index contributed by atoms with van der Waals surface area (Å²) in [5.74, 6) is 0. The van der Waals surface area contributed by atoms with Crippen LogP contribution in [0.25, 0.3) is 112 Å². The van der Waals surface area contributed by atoms with Gasteiger partial charge in [-0.15, -0.1) is 0 Å². The zero-order chi connectivity index (χ0) is 41.2. The van der Waals surface area contributed by atoms with Gasteiger partial charge in [0.2, 0.25) is 0 Å². The topological polar surface area (TPSA) is 77.3 Å². The maximum Gasteiger partial charge on any atom is 0.160 e. The van der Waals surface area contributed by atoms with Gasteiger partial charge in [0.05, 0.1) is 34.2 Å². The van der Waals surface area contributed by atoms with Crippen molar-refractivity contribution in [3.05, 3.63) is 219 Å². The third kappa shape index (κ3) is 6.95. The molecule has 6 heteroatoms. The first-order valence-electron chi connectivity index (χ1n) is 20.6. The van der Waals surface area contributed by atoms with Gasteiger partial charge in [0, 0.05) is 56.5 Å². The Morgan fingerprint density at radius 3 is 0.935 bits per heavy atom. The van der Waals surface area contributed by atoms with E-state index >= 15 is 0 Å². The van der Waals surface area contributed by atoms with Crippen LogP contribution in [0.15, 0.2) is 219 Å². The van der Waals surface area contributed by atoms with Crippen LogP contribution in [0.5, 0.6) is 0 Å². The van der Waals surface area contributed by atoms with E-state index in [0.717, 1.165) is 101 Å². The molecule has 62 heavy (non-hydrogen) atoms. The van der Waals surface area contributed by atoms with Crippen molar-refractivity contribution in [2.75, 3.05) is 0 Å². The minimum atomic E-state index is 0.650. The van der Waals surface area contributed by atoms with Crippen molar-refractivity contribution in [3.63, 3.8) is 0 Å². The van der Waals surface area contributed by atoms with E-state index in [1.54, 1.807) is 0 Å². The van der Waals surface area contributed by atoms with E-state index in [1.165, 1.54) is 0 Å². The standard InChI is InChI=1S/C56H36N6/c1-5-18-37(19-6-1)45-33-43-35-47(53(49-28-13-15-30-57-49)61-55(43)59-51(45)39-22-9-3-10-23-39)41-26-17-27-42(32-41)48-36-44-34-46(38-20-7-2-8-21-38)52(40-24-11-4-12-25-40)60-56(44)62-54(48)50-29-14-16-31-58-50/h1-36H. The van der Waals surface area contributed by atoms with Crippen molar-refractivity contribution in [1.82, 2.24) is 29.9 Å². The first-order chi connectivity index (χ1) is 30.7. The molecule has 0 radical (unpaired) electrons. The van der Waals surface area contributed by atoms with Crippen molar-refractivity contribution < 1.29 is 0 Å². The van der Waals surface area contributed by atoms with Gasteiger partial charge in [-0.25, -0.2) is 19.9 Å². The second kappa shape index (κ2) is 15.9. The minimum absolute atomic E-state index is 0.650. The average Bonchev–Trinajstić information content (AvgIpc) is 3.36. The monoisotopic (exact) mass is 792 g/mol. The molecule has 0 aliphatic carbocycles. The Bertz CT molecular complexity index is 3140. The lowest BCUT2D eigenvalue weighted by atomic mass is 9.93. The highest BCUT2D eigenvalue weighted by atomic mass is 14.9. The normalized spacial score (nSPS) is 11.2. The molecule has 0 aliphatic rings. The highest BCUT2D eigenvalue weighted by molar-refractivity contribution is 5.98. The van der Waals surface area contributed by atoms with Gasteiger partial charge in [-0.05, 0) is 76.9 Å². The third-order valence-corrected chi connectivity index (χ3v) is 11.2. The highest BCUT2D eigenvalue weighted by Gasteiger charge is 2.20. The summed E-state index contributed by atoms with van der Waals surface area (Å²) >= 11 is 0. The third-order valence-electron chi connectivity index (χ3n) is 11.2. The second-order valence-electron chi connectivity index (χ2n) is 15.1. The molecule has 0 atom stereocenters. The Balaban J connectivity index is 1.13. The van der Waals surface area contributed by atoms with Crippen molar-refractivity contribution in [2.45, 2.75) is 0 Å². The molecular formula is C56H36N6. The number of pyridine rings is 6. The summed E-state index contributed by atoms with van der Waals surface area (Å²) < 4.78 is 0. The molecule has 290 valence electrons. The molecule has 0 spiro atoms. The van der Waals surface area contributed by atoms with Crippen LogP contribution in [-0.4, -0.2) is 29.9 Å². The first kappa shape index (κ1) is 36.6. The lowest BCUT2D eigenvalue weighted by Crippen LogP contribution is -1.99. The average molecular weight is 793 g/mol. The van der Waals surface area contributed by atoms with Crippen molar-refractivity contribution in [3.8, 4) is 89.8 Å². The van der Waals surface area contributed by atoms with Gasteiger partial charge in [0.15, 0.2) is 11.3 Å². The van der Waals surface area contributed by atoms with Crippen LogP contribution in [0.2, 0.25) is 0 Å². The number of aromatic nitrogens is 6. The smallest absolute Gasteiger partial charge is 0.160 e. The SMILES string of the molecule is c1ccc(-c2cc3cc(-c4cccc(-c5cc6cc(-c7ccccc7)c(-c7ccccc7)nc6nc5-c5ccccn5)c4)c(-c4ccccn4)nc3nc2-c2ccccc2)cc1. The summed E-state index contributed by atoms with van der Waals surface area (Å²) in [5, 5.41) is 1.86. The molecule has 6 nitrogen and oxygen atoms in total. The summed E-state index contributed by atoms with van der Waals surface area (Å²) in [4.78, 5) is 30.8. The fourth-order valence-electron chi connectivity index (χ4n) is 8.21. The van der Waals surface area contributed by atoms with Crippen LogP contribution in [0.3, 0.4) is 0 Å². The largest absolute Gasteiger partial charge is 0.255 e. The molecule has 11 rings (SSSR count). The summed E-state index contributed by atoms with van der Waals surface area (Å²) in [7, 11) is 0. The van der Waals surface area contributed by atoms with Crippen LogP contribution >= 0.6 is 0 Å². The highest BCUT2D eigenvalue weighted by Crippen LogP contribution is 2.41. The quantitative estimate of drug-likeness (QED) is 0.152. The maximum absolute atomic E-state index is 5.32. The molecule has 5 aromatic carbocycles. The Kier molecular flexibility index (Phi) is 9.41. The molecule has 0 bridgehead atoms. The Hall–Kier alpha value is -8.48. The molecule has 0 aliphatic heterocycles. The molecule has 0 fully saturated rings. The predicted octanol–water partition coefficient (Wildman–Crippen LogP) is 13.7. The van der Waals surface area contributed by atoms with E-state index in [-0.39, 0.29) is 0 Å². The van der Waals surface area contributed by atoms with E-state index in [0.29, 0.717) is 11.3 Å². The number of hydrogen-bond donors (Lipinski definition) is 0. The molecule has 6 aromatic heterocycles. The summed E-state index contributed by atoms with van der Waals surface area (Å²) in [6.45, 7) is 0. The number of rotatable bonds is 8. The molecule has 0 amide bonds. The molecular weight excluding hydrogens is 757 g/mol. The van der Waals surface area contributed by atoms with Crippen LogP contribution in [-0.2, 0) is 0 Å². The van der Waals surface area contributed by atoms with Crippen molar-refractivity contribution in [2.24, 2.45) is 0 Å². The Labute approximate surface area is 359 Å². The van der Waals surface area contributed by atoms with Gasteiger partial charge in [0.25, 0.3) is 0 Å². The van der Waals surface area contributed by atoms with E-state index in [4.69, 9.17) is 29.9 Å². The van der Waals surface area contributed by atoms with E-state index in [2.05, 4.69) is 121 Å². The van der Waals surface area contributed by atoms with Gasteiger partial charge in [-0.1, -0.05) is 152 Å². The van der Waals surface area contributed by atoms with Gasteiger partial charge >= 0.3 is 0 Å². The summed E-state index contributed by atoms with van der Waals surface area (Å²) in [5.41, 5.74) is 16.3. The molecule has 0 saturated carbocycles. The molecule has 6 heterocycles. The van der Waals surface area contributed by atoms with Crippen molar-refractivity contribution >= 4 is 22.1 Å². The minimum Gasteiger partial charge on any atom is -0.255 e. The fraction of sp³-hybridized carbons (Fsp3) is 0. The molecule has 0 N–H and O–H groups in total.